The third-order valence-corrected chi connectivity index (χ3v) is 2.91. The molecule has 0 radical (unpaired) electrons. The van der Waals surface area contributed by atoms with E-state index in [9.17, 15) is 4.79 Å². The van der Waals surface area contributed by atoms with Gasteiger partial charge in [0, 0.05) is 19.3 Å². The van der Waals surface area contributed by atoms with Crippen LogP contribution in [0.1, 0.15) is 0 Å². The number of rotatable bonds is 4. The first kappa shape index (κ1) is 12.4. The predicted octanol–water partition coefficient (Wildman–Crippen LogP) is 1.88. The number of urea groups is 1. The molecule has 0 atom stereocenters. The van der Waals surface area contributed by atoms with Crippen LogP contribution >= 0.6 is 12.2 Å². The monoisotopic (exact) mass is 262 g/mol. The Labute approximate surface area is 110 Å². The Morgan fingerprint density at radius 2 is 2.11 bits per heavy atom. The lowest BCUT2D eigenvalue weighted by molar-refractivity contribution is 0.248. The summed E-state index contributed by atoms with van der Waals surface area (Å²) < 4.78 is 2.56. The number of hydrogen-bond donors (Lipinski definition) is 3. The molecule has 0 aliphatic rings. The van der Waals surface area contributed by atoms with Crippen LogP contribution in [0.2, 0.25) is 0 Å². The molecule has 4 N–H and O–H groups in total. The summed E-state index contributed by atoms with van der Waals surface area (Å²) in [4.78, 5) is 13.6. The fourth-order valence-corrected chi connectivity index (χ4v) is 2.00. The maximum Gasteiger partial charge on any atom is 0.312 e. The van der Waals surface area contributed by atoms with Crippen molar-refractivity contribution in [3.8, 4) is 11.3 Å². The first-order valence-corrected chi connectivity index (χ1v) is 5.96. The maximum absolute atomic E-state index is 10.6. The van der Waals surface area contributed by atoms with Crippen LogP contribution in [-0.2, 0) is 6.54 Å². The number of nitrogens with two attached hydrogens (primary N) is 1. The summed E-state index contributed by atoms with van der Waals surface area (Å²) in [6.07, 6.45) is 1.86. The van der Waals surface area contributed by atoms with Gasteiger partial charge in [-0.05, 0) is 17.8 Å². The minimum absolute atomic E-state index is 0.446. The fraction of sp³-hybridized carbons (Fsp3) is 0.167. The summed E-state index contributed by atoms with van der Waals surface area (Å²) in [5, 5.41) is 2.55. The van der Waals surface area contributed by atoms with Crippen molar-refractivity contribution in [3.63, 3.8) is 0 Å². The molecular formula is C12H14N4OS. The zero-order chi connectivity index (χ0) is 13.0. The van der Waals surface area contributed by atoms with Crippen molar-refractivity contribution >= 4 is 18.2 Å². The van der Waals surface area contributed by atoms with Crippen LogP contribution < -0.4 is 11.1 Å². The van der Waals surface area contributed by atoms with E-state index in [1.54, 1.807) is 0 Å². The summed E-state index contributed by atoms with van der Waals surface area (Å²) in [5.41, 5.74) is 7.09. The van der Waals surface area contributed by atoms with Crippen LogP contribution in [0.3, 0.4) is 0 Å². The molecule has 0 bridgehead atoms. The topological polar surface area (TPSA) is 75.8 Å². The van der Waals surface area contributed by atoms with E-state index in [4.69, 9.17) is 18.0 Å². The molecule has 18 heavy (non-hydrogen) atoms. The second kappa shape index (κ2) is 5.50. The lowest BCUT2D eigenvalue weighted by atomic mass is 10.2. The van der Waals surface area contributed by atoms with Gasteiger partial charge in [-0.2, -0.15) is 0 Å². The quantitative estimate of drug-likeness (QED) is 0.736. The average Bonchev–Trinajstić information content (AvgIpc) is 2.72. The SMILES string of the molecule is NC(=O)NCCn1c(-c2ccccc2)c[nH]c1=S. The number of primary amides is 1. The van der Waals surface area contributed by atoms with Crippen LogP contribution in [0.15, 0.2) is 36.5 Å². The molecule has 5 nitrogen and oxygen atoms in total. The van der Waals surface area contributed by atoms with E-state index in [2.05, 4.69) is 10.3 Å². The highest BCUT2D eigenvalue weighted by Gasteiger charge is 2.06. The Hall–Kier alpha value is -2.08. The highest BCUT2D eigenvalue weighted by molar-refractivity contribution is 7.71. The molecule has 0 aliphatic carbocycles. The molecule has 0 aliphatic heterocycles. The van der Waals surface area contributed by atoms with Gasteiger partial charge in [0.1, 0.15) is 0 Å². The number of nitrogens with zero attached hydrogens (tertiary/aromatic N) is 1. The van der Waals surface area contributed by atoms with Crippen LogP contribution in [-0.4, -0.2) is 22.1 Å². The van der Waals surface area contributed by atoms with Crippen molar-refractivity contribution < 1.29 is 4.79 Å². The first-order valence-electron chi connectivity index (χ1n) is 5.55. The number of H-pyrrole nitrogens is 1. The number of benzene rings is 1. The average molecular weight is 262 g/mol. The molecule has 1 aromatic carbocycles. The number of imidazole rings is 1. The Kier molecular flexibility index (Phi) is 3.78. The minimum Gasteiger partial charge on any atom is -0.352 e. The molecule has 0 unspecified atom stereocenters. The number of aromatic nitrogens is 2. The van der Waals surface area contributed by atoms with Crippen molar-refractivity contribution in [1.82, 2.24) is 14.9 Å². The van der Waals surface area contributed by atoms with Gasteiger partial charge in [0.15, 0.2) is 4.77 Å². The molecule has 2 aromatic rings. The number of carbonyl (C=O) groups excluding carboxylic acids is 1. The van der Waals surface area contributed by atoms with Crippen molar-refractivity contribution in [2.45, 2.75) is 6.54 Å². The van der Waals surface area contributed by atoms with Gasteiger partial charge in [-0.25, -0.2) is 4.79 Å². The second-order valence-electron chi connectivity index (χ2n) is 3.79. The summed E-state index contributed by atoms with van der Waals surface area (Å²) in [6.45, 7) is 1.02. The van der Waals surface area contributed by atoms with Gasteiger partial charge < -0.3 is 20.6 Å². The summed E-state index contributed by atoms with van der Waals surface area (Å²) >= 11 is 5.22. The number of amides is 2. The fourth-order valence-electron chi connectivity index (χ4n) is 1.76. The van der Waals surface area contributed by atoms with Crippen LogP contribution in [0.25, 0.3) is 11.3 Å². The Morgan fingerprint density at radius 1 is 1.39 bits per heavy atom. The van der Waals surface area contributed by atoms with Crippen LogP contribution in [0.4, 0.5) is 4.79 Å². The molecular weight excluding hydrogens is 248 g/mol. The van der Waals surface area contributed by atoms with Crippen LogP contribution in [0.5, 0.6) is 0 Å². The first-order chi connectivity index (χ1) is 8.68. The van der Waals surface area contributed by atoms with Crippen molar-refractivity contribution in [3.05, 3.63) is 41.3 Å². The van der Waals surface area contributed by atoms with Crippen molar-refractivity contribution in [2.75, 3.05) is 6.54 Å². The molecule has 1 heterocycles. The molecule has 2 amide bonds. The largest absolute Gasteiger partial charge is 0.352 e. The lowest BCUT2D eigenvalue weighted by Gasteiger charge is -2.08. The second-order valence-corrected chi connectivity index (χ2v) is 4.17. The molecule has 2 rings (SSSR count). The standard InChI is InChI=1S/C12H14N4OS/c13-11(17)14-6-7-16-10(8-15-12(16)18)9-4-2-1-3-5-9/h1-5,8H,6-7H2,(H,15,18)(H3,13,14,17). The summed E-state index contributed by atoms with van der Waals surface area (Å²) in [7, 11) is 0. The highest BCUT2D eigenvalue weighted by atomic mass is 32.1. The third-order valence-electron chi connectivity index (χ3n) is 2.57. The molecule has 0 saturated heterocycles. The normalized spacial score (nSPS) is 10.2. The molecule has 0 saturated carbocycles. The molecule has 6 heteroatoms. The van der Waals surface area contributed by atoms with Gasteiger partial charge in [0.05, 0.1) is 5.69 Å². The number of nitrogens with one attached hydrogen (secondary N) is 2. The predicted molar refractivity (Wildman–Crippen MR) is 72.6 cm³/mol. The van der Waals surface area contributed by atoms with Gasteiger partial charge in [0.2, 0.25) is 0 Å². The van der Waals surface area contributed by atoms with E-state index in [-0.39, 0.29) is 0 Å². The zero-order valence-electron chi connectivity index (χ0n) is 9.72. The van der Waals surface area contributed by atoms with Gasteiger partial charge in [-0.15, -0.1) is 0 Å². The van der Waals surface area contributed by atoms with Crippen molar-refractivity contribution in [1.29, 1.82) is 0 Å². The van der Waals surface area contributed by atoms with Gasteiger partial charge in [-0.1, -0.05) is 30.3 Å². The molecule has 1 aromatic heterocycles. The van der Waals surface area contributed by atoms with E-state index in [0.29, 0.717) is 17.9 Å². The Balaban J connectivity index is 2.22. The number of carbonyl (C=O) groups is 1. The number of aromatic amines is 1. The van der Waals surface area contributed by atoms with E-state index in [1.807, 2.05) is 41.1 Å². The Morgan fingerprint density at radius 3 is 2.78 bits per heavy atom. The zero-order valence-corrected chi connectivity index (χ0v) is 10.5. The van der Waals surface area contributed by atoms with Gasteiger partial charge in [-0.3, -0.25) is 0 Å². The van der Waals surface area contributed by atoms with Crippen molar-refractivity contribution in [2.24, 2.45) is 5.73 Å². The summed E-state index contributed by atoms with van der Waals surface area (Å²) in [5.74, 6) is 0. The Bertz CT molecular complexity index is 588. The number of hydrogen-bond acceptors (Lipinski definition) is 2. The van der Waals surface area contributed by atoms with Gasteiger partial charge in [0.25, 0.3) is 0 Å². The molecule has 0 fully saturated rings. The van der Waals surface area contributed by atoms with E-state index < -0.39 is 6.03 Å². The smallest absolute Gasteiger partial charge is 0.312 e. The van der Waals surface area contributed by atoms with Crippen LogP contribution in [0, 0.1) is 4.77 Å². The highest BCUT2D eigenvalue weighted by Crippen LogP contribution is 2.18. The molecule has 0 spiro atoms. The van der Waals surface area contributed by atoms with E-state index >= 15 is 0 Å². The lowest BCUT2D eigenvalue weighted by Crippen LogP contribution is -2.32. The maximum atomic E-state index is 10.6. The van der Waals surface area contributed by atoms with Gasteiger partial charge >= 0.3 is 6.03 Å². The minimum atomic E-state index is -0.529. The van der Waals surface area contributed by atoms with E-state index in [1.165, 1.54) is 0 Å². The summed E-state index contributed by atoms with van der Waals surface area (Å²) in [6, 6.07) is 9.39. The molecule has 94 valence electrons. The third kappa shape index (κ3) is 2.78. The van der Waals surface area contributed by atoms with E-state index in [0.717, 1.165) is 11.3 Å².